The summed E-state index contributed by atoms with van der Waals surface area (Å²) in [6, 6.07) is 18.4. The first-order valence-corrected chi connectivity index (χ1v) is 6.04. The molecule has 1 heterocycles. The van der Waals surface area contributed by atoms with E-state index in [9.17, 15) is 0 Å². The summed E-state index contributed by atoms with van der Waals surface area (Å²) in [6.07, 6.45) is 0. The van der Waals surface area contributed by atoms with Gasteiger partial charge in [0.05, 0.1) is 6.61 Å². The van der Waals surface area contributed by atoms with Crippen LogP contribution in [0.2, 0.25) is 0 Å². The van der Waals surface area contributed by atoms with Crippen molar-refractivity contribution >= 4 is 11.6 Å². The minimum atomic E-state index is -1.11. The van der Waals surface area contributed by atoms with Crippen LogP contribution in [-0.2, 0) is 11.3 Å². The number of alkyl halides is 1. The average molecular weight is 259 g/mol. The van der Waals surface area contributed by atoms with Gasteiger partial charge < -0.3 is 4.74 Å². The van der Waals surface area contributed by atoms with Gasteiger partial charge in [0, 0.05) is 0 Å². The Morgan fingerprint density at radius 3 is 2.11 bits per heavy atom. The number of benzene rings is 2. The van der Waals surface area contributed by atoms with E-state index in [1.807, 2.05) is 30.3 Å². The zero-order chi connectivity index (χ0) is 12.4. The first-order valence-electron chi connectivity index (χ1n) is 5.66. The van der Waals surface area contributed by atoms with E-state index in [1.165, 1.54) is 11.1 Å². The monoisotopic (exact) mass is 258 g/mol. The van der Waals surface area contributed by atoms with Gasteiger partial charge in [-0.3, -0.25) is 0 Å². The Kier molecular flexibility index (Phi) is 2.86. The lowest BCUT2D eigenvalue weighted by Gasteiger charge is -2.06. The number of nitrogens with zero attached hydrogens (tertiary/aromatic N) is 2. The van der Waals surface area contributed by atoms with Gasteiger partial charge in [0.15, 0.2) is 0 Å². The molecule has 0 saturated heterocycles. The molecule has 3 nitrogen and oxygen atoms in total. The van der Waals surface area contributed by atoms with Crippen LogP contribution in [0.3, 0.4) is 0 Å². The lowest BCUT2D eigenvalue weighted by Crippen LogP contribution is -2.06. The van der Waals surface area contributed by atoms with Gasteiger partial charge in [0.25, 0.3) is 0 Å². The van der Waals surface area contributed by atoms with Gasteiger partial charge in [-0.15, -0.1) is 10.2 Å². The van der Waals surface area contributed by atoms with Gasteiger partial charge in [-0.25, -0.2) is 0 Å². The molecule has 0 unspecified atom stereocenters. The highest BCUT2D eigenvalue weighted by Crippen LogP contribution is 2.34. The normalized spacial score (nSPS) is 15.6. The molecule has 2 aromatic rings. The van der Waals surface area contributed by atoms with E-state index in [4.69, 9.17) is 16.3 Å². The minimum absolute atomic E-state index is 0.408. The van der Waals surface area contributed by atoms with Gasteiger partial charge >= 0.3 is 5.31 Å². The highest BCUT2D eigenvalue weighted by Gasteiger charge is 2.38. The number of rotatable bonds is 4. The van der Waals surface area contributed by atoms with Crippen LogP contribution in [0.1, 0.15) is 5.56 Å². The zero-order valence-electron chi connectivity index (χ0n) is 9.58. The SMILES string of the molecule is ClC1(OCc2ccc(-c3ccccc3)cc2)N=N1. The molecule has 0 atom stereocenters. The third kappa shape index (κ3) is 2.58. The number of hydrogen-bond donors (Lipinski definition) is 0. The fourth-order valence-electron chi connectivity index (χ4n) is 1.70. The summed E-state index contributed by atoms with van der Waals surface area (Å²) in [6.45, 7) is 0.408. The Morgan fingerprint density at radius 1 is 0.889 bits per heavy atom. The summed E-state index contributed by atoms with van der Waals surface area (Å²) < 4.78 is 5.30. The van der Waals surface area contributed by atoms with E-state index < -0.39 is 5.31 Å². The van der Waals surface area contributed by atoms with E-state index in [2.05, 4.69) is 34.5 Å². The number of hydrogen-bond acceptors (Lipinski definition) is 3. The molecule has 3 rings (SSSR count). The van der Waals surface area contributed by atoms with Crippen LogP contribution in [0.15, 0.2) is 64.8 Å². The van der Waals surface area contributed by atoms with Gasteiger partial charge in [-0.2, -0.15) is 0 Å². The molecule has 0 saturated carbocycles. The van der Waals surface area contributed by atoms with Gasteiger partial charge in [-0.05, 0) is 28.3 Å². The molecule has 1 aliphatic rings. The first kappa shape index (κ1) is 11.4. The van der Waals surface area contributed by atoms with Gasteiger partial charge in [-0.1, -0.05) is 54.6 Å². The highest BCUT2D eigenvalue weighted by molar-refractivity contribution is 6.23. The van der Waals surface area contributed by atoms with Crippen molar-refractivity contribution in [3.63, 3.8) is 0 Å². The van der Waals surface area contributed by atoms with E-state index >= 15 is 0 Å². The molecule has 18 heavy (non-hydrogen) atoms. The summed E-state index contributed by atoms with van der Waals surface area (Å²) in [5.41, 5.74) is 3.43. The van der Waals surface area contributed by atoms with Crippen molar-refractivity contribution in [2.45, 2.75) is 11.9 Å². The molecule has 4 heteroatoms. The summed E-state index contributed by atoms with van der Waals surface area (Å²) in [5.74, 6) is 0. The van der Waals surface area contributed by atoms with Crippen molar-refractivity contribution in [2.75, 3.05) is 0 Å². The summed E-state index contributed by atoms with van der Waals surface area (Å²) >= 11 is 5.77. The van der Waals surface area contributed by atoms with Crippen LogP contribution < -0.4 is 0 Å². The van der Waals surface area contributed by atoms with Crippen LogP contribution in [0.4, 0.5) is 0 Å². The second-order valence-electron chi connectivity index (χ2n) is 4.08. The molecule has 0 spiro atoms. The summed E-state index contributed by atoms with van der Waals surface area (Å²) in [4.78, 5) is 0. The summed E-state index contributed by atoms with van der Waals surface area (Å²) in [7, 11) is 0. The quantitative estimate of drug-likeness (QED) is 0.598. The molecule has 2 aromatic carbocycles. The molecule has 0 bridgehead atoms. The van der Waals surface area contributed by atoms with E-state index in [-0.39, 0.29) is 0 Å². The molecule has 0 radical (unpaired) electrons. The predicted octanol–water partition coefficient (Wildman–Crippen LogP) is 4.19. The van der Waals surface area contributed by atoms with Crippen molar-refractivity contribution in [3.8, 4) is 11.1 Å². The van der Waals surface area contributed by atoms with Crippen LogP contribution in [0.25, 0.3) is 11.1 Å². The van der Waals surface area contributed by atoms with Crippen molar-refractivity contribution in [3.05, 3.63) is 60.2 Å². The van der Waals surface area contributed by atoms with Crippen molar-refractivity contribution in [1.29, 1.82) is 0 Å². The van der Waals surface area contributed by atoms with Crippen molar-refractivity contribution in [2.24, 2.45) is 10.2 Å². The fourth-order valence-corrected chi connectivity index (χ4v) is 1.79. The number of ether oxygens (including phenoxy) is 1. The Morgan fingerprint density at radius 2 is 1.50 bits per heavy atom. The second-order valence-corrected chi connectivity index (χ2v) is 4.57. The van der Waals surface area contributed by atoms with E-state index in [1.54, 1.807) is 0 Å². The molecule has 0 aliphatic carbocycles. The standard InChI is InChI=1S/C14H11ClN2O/c15-14(16-17-14)18-10-11-6-8-13(9-7-11)12-4-2-1-3-5-12/h1-9H,10H2. The van der Waals surface area contributed by atoms with Crippen molar-refractivity contribution < 1.29 is 4.74 Å². The molecule has 0 amide bonds. The average Bonchev–Trinajstić information content (AvgIpc) is 3.17. The Hall–Kier alpha value is -1.71. The number of halogens is 1. The van der Waals surface area contributed by atoms with Gasteiger partial charge in [0.2, 0.25) is 0 Å². The molecule has 0 fully saturated rings. The summed E-state index contributed by atoms with van der Waals surface area (Å²) in [5, 5.41) is 6.05. The highest BCUT2D eigenvalue weighted by atomic mass is 35.5. The predicted molar refractivity (Wildman–Crippen MR) is 70.1 cm³/mol. The Balaban J connectivity index is 1.69. The lowest BCUT2D eigenvalue weighted by atomic mass is 10.0. The third-order valence-electron chi connectivity index (χ3n) is 2.74. The molecular weight excluding hydrogens is 248 g/mol. The smallest absolute Gasteiger partial charge is 0.316 e. The molecule has 0 N–H and O–H groups in total. The molecule has 0 aromatic heterocycles. The topological polar surface area (TPSA) is 34.0 Å². The first-order chi connectivity index (χ1) is 8.75. The van der Waals surface area contributed by atoms with E-state index in [0.29, 0.717) is 6.61 Å². The Bertz CT molecular complexity index is 560. The van der Waals surface area contributed by atoms with Crippen LogP contribution in [0.5, 0.6) is 0 Å². The van der Waals surface area contributed by atoms with Gasteiger partial charge in [0.1, 0.15) is 0 Å². The minimum Gasteiger partial charge on any atom is -0.316 e. The molecular formula is C14H11ClN2O. The van der Waals surface area contributed by atoms with Crippen LogP contribution in [-0.4, -0.2) is 5.31 Å². The largest absolute Gasteiger partial charge is 0.375 e. The van der Waals surface area contributed by atoms with Crippen LogP contribution in [0, 0.1) is 0 Å². The third-order valence-corrected chi connectivity index (χ3v) is 3.00. The van der Waals surface area contributed by atoms with Crippen LogP contribution >= 0.6 is 11.6 Å². The maximum Gasteiger partial charge on any atom is 0.375 e. The lowest BCUT2D eigenvalue weighted by molar-refractivity contribution is 0.0650. The second kappa shape index (κ2) is 4.52. The maximum atomic E-state index is 5.77. The Labute approximate surface area is 110 Å². The molecule has 90 valence electrons. The van der Waals surface area contributed by atoms with E-state index in [0.717, 1.165) is 5.56 Å². The molecule has 1 aliphatic heterocycles. The fraction of sp³-hybridized carbons (Fsp3) is 0.143. The van der Waals surface area contributed by atoms with Crippen molar-refractivity contribution in [1.82, 2.24) is 0 Å². The zero-order valence-corrected chi connectivity index (χ0v) is 10.3. The maximum absolute atomic E-state index is 5.77.